The molecule has 0 saturated carbocycles. The van der Waals surface area contributed by atoms with Gasteiger partial charge in [-0.2, -0.15) is 0 Å². The van der Waals surface area contributed by atoms with E-state index in [-0.39, 0.29) is 24.5 Å². The highest BCUT2D eigenvalue weighted by Crippen LogP contribution is 2.21. The number of amides is 2. The summed E-state index contributed by atoms with van der Waals surface area (Å²) in [7, 11) is 3.99. The zero-order valence-corrected chi connectivity index (χ0v) is 18.9. The molecule has 6 nitrogen and oxygen atoms in total. The van der Waals surface area contributed by atoms with E-state index in [9.17, 15) is 9.18 Å². The first-order valence-electron chi connectivity index (χ1n) is 10.4. The summed E-state index contributed by atoms with van der Waals surface area (Å²) in [6.07, 6.45) is 0.291. The molecule has 7 heteroatoms. The van der Waals surface area contributed by atoms with Gasteiger partial charge in [0.2, 0.25) is 0 Å². The van der Waals surface area contributed by atoms with E-state index < -0.39 is 5.54 Å². The van der Waals surface area contributed by atoms with Crippen LogP contribution in [0, 0.1) is 5.82 Å². The molecule has 2 aromatic rings. The molecule has 166 valence electrons. The summed E-state index contributed by atoms with van der Waals surface area (Å²) in [5.41, 5.74) is 3.00. The molecule has 31 heavy (non-hydrogen) atoms. The third-order valence-corrected chi connectivity index (χ3v) is 4.96. The van der Waals surface area contributed by atoms with Gasteiger partial charge in [0.15, 0.2) is 6.10 Å². The van der Waals surface area contributed by atoms with Crippen LogP contribution in [0.1, 0.15) is 38.3 Å². The van der Waals surface area contributed by atoms with Gasteiger partial charge < -0.3 is 20.0 Å². The molecule has 0 aromatic heterocycles. The van der Waals surface area contributed by atoms with Gasteiger partial charge in [-0.25, -0.2) is 9.18 Å². The van der Waals surface area contributed by atoms with Crippen LogP contribution in [-0.2, 0) is 11.4 Å². The molecule has 1 heterocycles. The maximum absolute atomic E-state index is 14.2. The van der Waals surface area contributed by atoms with Crippen LogP contribution in [0.5, 0.6) is 0 Å². The Morgan fingerprint density at radius 1 is 1.16 bits per heavy atom. The first-order valence-corrected chi connectivity index (χ1v) is 10.4. The lowest BCUT2D eigenvalue weighted by atomic mass is 10.0. The highest BCUT2D eigenvalue weighted by atomic mass is 19.1. The van der Waals surface area contributed by atoms with E-state index in [0.717, 1.165) is 17.0 Å². The molecule has 3 rings (SSSR count). The number of urea groups is 1. The number of nitrogens with one attached hydrogen (secondary N) is 1. The van der Waals surface area contributed by atoms with Crippen molar-refractivity contribution in [3.05, 3.63) is 65.5 Å². The highest BCUT2D eigenvalue weighted by Gasteiger charge is 2.28. The number of halogens is 1. The number of oxime groups is 1. The van der Waals surface area contributed by atoms with Crippen molar-refractivity contribution < 1.29 is 14.0 Å². The van der Waals surface area contributed by atoms with Gasteiger partial charge in [-0.05, 0) is 44.5 Å². The lowest BCUT2D eigenvalue weighted by Crippen LogP contribution is -2.50. The fourth-order valence-electron chi connectivity index (χ4n) is 3.35. The summed E-state index contributed by atoms with van der Waals surface area (Å²) < 4.78 is 14.2. The van der Waals surface area contributed by atoms with Crippen molar-refractivity contribution in [2.24, 2.45) is 5.16 Å². The number of rotatable bonds is 6. The van der Waals surface area contributed by atoms with Crippen LogP contribution < -0.4 is 10.2 Å². The molecular weight excluding hydrogens is 395 g/mol. The van der Waals surface area contributed by atoms with Crippen molar-refractivity contribution in [2.45, 2.75) is 45.4 Å². The first-order chi connectivity index (χ1) is 14.6. The number of carbonyl (C=O) groups is 1. The summed E-state index contributed by atoms with van der Waals surface area (Å²) in [5, 5.41) is 7.20. The van der Waals surface area contributed by atoms with Gasteiger partial charge in [-0.1, -0.05) is 35.5 Å². The van der Waals surface area contributed by atoms with Crippen LogP contribution >= 0.6 is 0 Å². The maximum atomic E-state index is 14.2. The van der Waals surface area contributed by atoms with Gasteiger partial charge in [0.25, 0.3) is 0 Å². The molecule has 1 atom stereocenters. The van der Waals surface area contributed by atoms with Crippen molar-refractivity contribution in [3.8, 4) is 0 Å². The Morgan fingerprint density at radius 3 is 2.45 bits per heavy atom. The van der Waals surface area contributed by atoms with Crippen molar-refractivity contribution in [3.63, 3.8) is 0 Å². The summed E-state index contributed by atoms with van der Waals surface area (Å²) in [5.74, 6) is -0.332. The highest BCUT2D eigenvalue weighted by molar-refractivity contribution is 6.01. The SMILES string of the molecule is CN(C)c1ccc(C2=NOC(CN(Cc3ccccc3F)C(=O)NC(C)(C)C)C2)cc1. The normalized spacial score (nSPS) is 15.8. The first kappa shape index (κ1) is 22.6. The van der Waals surface area contributed by atoms with Crippen LogP contribution in [0.4, 0.5) is 14.9 Å². The average molecular weight is 427 g/mol. The number of benzene rings is 2. The Bertz CT molecular complexity index is 935. The van der Waals surface area contributed by atoms with E-state index in [1.807, 2.05) is 64.0 Å². The van der Waals surface area contributed by atoms with E-state index in [1.54, 1.807) is 23.1 Å². The predicted octanol–water partition coefficient (Wildman–Crippen LogP) is 4.40. The van der Waals surface area contributed by atoms with Crippen molar-refractivity contribution in [1.29, 1.82) is 0 Å². The number of hydrogen-bond donors (Lipinski definition) is 1. The zero-order valence-electron chi connectivity index (χ0n) is 18.9. The lowest BCUT2D eigenvalue weighted by molar-refractivity contribution is 0.0578. The Morgan fingerprint density at radius 2 is 1.84 bits per heavy atom. The van der Waals surface area contributed by atoms with E-state index in [4.69, 9.17) is 4.84 Å². The Hall–Kier alpha value is -3.09. The second-order valence-electron chi connectivity index (χ2n) is 9.06. The van der Waals surface area contributed by atoms with Crippen LogP contribution in [0.2, 0.25) is 0 Å². The van der Waals surface area contributed by atoms with Crippen molar-refractivity contribution >= 4 is 17.4 Å². The quantitative estimate of drug-likeness (QED) is 0.745. The van der Waals surface area contributed by atoms with E-state index >= 15 is 0 Å². The van der Waals surface area contributed by atoms with E-state index in [1.165, 1.54) is 6.07 Å². The van der Waals surface area contributed by atoms with Gasteiger partial charge >= 0.3 is 6.03 Å². The minimum absolute atomic E-state index is 0.154. The second-order valence-corrected chi connectivity index (χ2v) is 9.06. The standard InChI is InChI=1S/C24H31FN4O2/c1-24(2,3)26-23(30)29(15-18-8-6-7-9-21(18)25)16-20-14-22(27-31-20)17-10-12-19(13-11-17)28(4)5/h6-13,20H,14-16H2,1-5H3,(H,26,30). The van der Waals surface area contributed by atoms with Crippen molar-refractivity contribution in [2.75, 3.05) is 25.5 Å². The number of nitrogens with zero attached hydrogens (tertiary/aromatic N) is 3. The number of anilines is 1. The Kier molecular flexibility index (Phi) is 6.83. The second kappa shape index (κ2) is 9.37. The smallest absolute Gasteiger partial charge is 0.318 e. The summed E-state index contributed by atoms with van der Waals surface area (Å²) in [6.45, 7) is 6.20. The minimum Gasteiger partial charge on any atom is -0.390 e. The molecule has 2 aromatic carbocycles. The van der Waals surface area contributed by atoms with Crippen LogP contribution in [0.15, 0.2) is 53.7 Å². The predicted molar refractivity (Wildman–Crippen MR) is 122 cm³/mol. The fourth-order valence-corrected chi connectivity index (χ4v) is 3.35. The average Bonchev–Trinajstić information content (AvgIpc) is 3.16. The van der Waals surface area contributed by atoms with E-state index in [2.05, 4.69) is 10.5 Å². The third kappa shape index (κ3) is 6.20. The van der Waals surface area contributed by atoms with Crippen LogP contribution in [-0.4, -0.2) is 48.9 Å². The van der Waals surface area contributed by atoms with Gasteiger partial charge in [0.05, 0.1) is 18.8 Å². The van der Waals surface area contributed by atoms with Gasteiger partial charge in [-0.3, -0.25) is 0 Å². The van der Waals surface area contributed by atoms with Gasteiger partial charge in [-0.15, -0.1) is 0 Å². The zero-order chi connectivity index (χ0) is 22.6. The van der Waals surface area contributed by atoms with Crippen LogP contribution in [0.25, 0.3) is 0 Å². The fraction of sp³-hybridized carbons (Fsp3) is 0.417. The van der Waals surface area contributed by atoms with Crippen LogP contribution in [0.3, 0.4) is 0 Å². The minimum atomic E-state index is -0.406. The number of carbonyl (C=O) groups excluding carboxylic acids is 1. The molecule has 1 aliphatic heterocycles. The number of hydrogen-bond acceptors (Lipinski definition) is 4. The Labute approximate surface area is 183 Å². The summed E-state index contributed by atoms with van der Waals surface area (Å²) in [4.78, 5) is 22.2. The lowest BCUT2D eigenvalue weighted by Gasteiger charge is -2.29. The monoisotopic (exact) mass is 426 g/mol. The van der Waals surface area contributed by atoms with Gasteiger partial charge in [0, 0.05) is 37.3 Å². The van der Waals surface area contributed by atoms with Gasteiger partial charge in [0.1, 0.15) is 5.82 Å². The molecule has 2 amide bonds. The summed E-state index contributed by atoms with van der Waals surface area (Å²) in [6, 6.07) is 14.3. The largest absolute Gasteiger partial charge is 0.390 e. The Balaban J connectivity index is 1.69. The molecule has 0 aliphatic carbocycles. The van der Waals surface area contributed by atoms with Crippen molar-refractivity contribution in [1.82, 2.24) is 10.2 Å². The molecule has 0 fully saturated rings. The molecule has 0 saturated heterocycles. The molecule has 0 bridgehead atoms. The maximum Gasteiger partial charge on any atom is 0.318 e. The molecule has 1 unspecified atom stereocenters. The molecule has 1 aliphatic rings. The topological polar surface area (TPSA) is 57.2 Å². The molecule has 0 radical (unpaired) electrons. The molecular formula is C24H31FN4O2. The third-order valence-electron chi connectivity index (χ3n) is 4.96. The molecule has 1 N–H and O–H groups in total. The summed E-state index contributed by atoms with van der Waals surface area (Å²) >= 11 is 0. The van der Waals surface area contributed by atoms with E-state index in [0.29, 0.717) is 18.5 Å². The molecule has 0 spiro atoms.